The number of nitrogens with zero attached hydrogens (tertiary/aromatic N) is 1. The monoisotopic (exact) mass is 264 g/mol. The van der Waals surface area contributed by atoms with E-state index in [1.807, 2.05) is 0 Å². The van der Waals surface area contributed by atoms with Gasteiger partial charge in [-0.3, -0.25) is 4.79 Å². The first-order chi connectivity index (χ1) is 9.04. The zero-order chi connectivity index (χ0) is 13.9. The summed E-state index contributed by atoms with van der Waals surface area (Å²) in [5, 5.41) is 0. The fourth-order valence-electron chi connectivity index (χ4n) is 1.85. The molecule has 0 atom stereocenters. The quantitative estimate of drug-likeness (QED) is 0.919. The summed E-state index contributed by atoms with van der Waals surface area (Å²) in [5.74, 6) is -3.10. The van der Waals surface area contributed by atoms with Crippen molar-refractivity contribution in [2.45, 2.75) is 19.0 Å². The molecule has 1 aromatic carbocycles. The first kappa shape index (κ1) is 13.4. The van der Waals surface area contributed by atoms with Crippen molar-refractivity contribution in [1.29, 1.82) is 0 Å². The van der Waals surface area contributed by atoms with Crippen LogP contribution in [0.2, 0.25) is 0 Å². The molecule has 0 fully saturated rings. The largest absolute Gasteiger partial charge is 0.326 e. The van der Waals surface area contributed by atoms with Crippen LogP contribution in [0.15, 0.2) is 53.5 Å². The molecule has 0 spiro atoms. The molecule has 0 aliphatic rings. The first-order valence-corrected chi connectivity index (χ1v) is 5.86. The highest BCUT2D eigenvalue weighted by Crippen LogP contribution is 2.29. The van der Waals surface area contributed by atoms with Gasteiger partial charge in [-0.15, -0.1) is 0 Å². The van der Waals surface area contributed by atoms with Crippen molar-refractivity contribution in [3.05, 3.63) is 70.1 Å². The maximum atomic E-state index is 14.1. The number of halogens is 2. The fourth-order valence-corrected chi connectivity index (χ4v) is 1.85. The highest BCUT2D eigenvalue weighted by atomic mass is 19.3. The lowest BCUT2D eigenvalue weighted by atomic mass is 10.1. The van der Waals surface area contributed by atoms with Crippen molar-refractivity contribution in [3.8, 4) is 0 Å². The minimum absolute atomic E-state index is 0.0383. The van der Waals surface area contributed by atoms with E-state index in [1.54, 1.807) is 30.3 Å². The molecule has 1 heterocycles. The lowest BCUT2D eigenvalue weighted by molar-refractivity contribution is -0.0232. The minimum Gasteiger partial charge on any atom is -0.326 e. The van der Waals surface area contributed by atoms with Crippen molar-refractivity contribution < 1.29 is 8.78 Å². The molecule has 2 aromatic rings. The summed E-state index contributed by atoms with van der Waals surface area (Å²) in [6.07, 6.45) is 1.35. The van der Waals surface area contributed by atoms with Gasteiger partial charge in [0.25, 0.3) is 11.5 Å². The van der Waals surface area contributed by atoms with Gasteiger partial charge in [-0.1, -0.05) is 36.4 Å². The molecule has 5 heteroatoms. The Morgan fingerprint density at radius 1 is 1.11 bits per heavy atom. The number of pyridine rings is 1. The van der Waals surface area contributed by atoms with Crippen LogP contribution in [0.4, 0.5) is 8.78 Å². The van der Waals surface area contributed by atoms with Crippen LogP contribution in [0.5, 0.6) is 0 Å². The van der Waals surface area contributed by atoms with Gasteiger partial charge in [0.15, 0.2) is 0 Å². The highest BCUT2D eigenvalue weighted by Gasteiger charge is 2.32. The van der Waals surface area contributed by atoms with Crippen molar-refractivity contribution in [3.63, 3.8) is 0 Å². The van der Waals surface area contributed by atoms with E-state index in [0.717, 1.165) is 4.57 Å². The molecule has 2 rings (SSSR count). The zero-order valence-electron chi connectivity index (χ0n) is 10.2. The van der Waals surface area contributed by atoms with Gasteiger partial charge in [-0.2, -0.15) is 8.78 Å². The summed E-state index contributed by atoms with van der Waals surface area (Å²) in [4.78, 5) is 11.9. The molecule has 0 unspecified atom stereocenters. The summed E-state index contributed by atoms with van der Waals surface area (Å²) in [5.41, 5.74) is 5.14. The predicted molar refractivity (Wildman–Crippen MR) is 68.9 cm³/mol. The topological polar surface area (TPSA) is 48.0 Å². The van der Waals surface area contributed by atoms with E-state index in [0.29, 0.717) is 5.56 Å². The molecule has 3 nitrogen and oxygen atoms in total. The lowest BCUT2D eigenvalue weighted by Crippen LogP contribution is -2.31. The van der Waals surface area contributed by atoms with Crippen LogP contribution in [0.1, 0.15) is 11.1 Å². The Hall–Kier alpha value is -2.01. The third-order valence-corrected chi connectivity index (χ3v) is 2.88. The smallest absolute Gasteiger partial charge is 0.290 e. The SMILES string of the molecule is NCc1cccn(CC(F)(F)c2ccccc2)c1=O. The molecule has 0 radical (unpaired) electrons. The van der Waals surface area contributed by atoms with Crippen LogP contribution in [0, 0.1) is 0 Å². The molecule has 0 aliphatic carbocycles. The molecule has 0 amide bonds. The highest BCUT2D eigenvalue weighted by molar-refractivity contribution is 5.20. The van der Waals surface area contributed by atoms with E-state index in [4.69, 9.17) is 5.73 Å². The van der Waals surface area contributed by atoms with Crippen LogP contribution in [-0.4, -0.2) is 4.57 Å². The van der Waals surface area contributed by atoms with Gasteiger partial charge in [0.2, 0.25) is 0 Å². The molecular formula is C14H14F2N2O. The first-order valence-electron chi connectivity index (χ1n) is 5.86. The molecule has 19 heavy (non-hydrogen) atoms. The van der Waals surface area contributed by atoms with E-state index in [-0.39, 0.29) is 12.1 Å². The average Bonchev–Trinajstić information content (AvgIpc) is 2.42. The summed E-state index contributed by atoms with van der Waals surface area (Å²) in [7, 11) is 0. The zero-order valence-corrected chi connectivity index (χ0v) is 10.2. The number of rotatable bonds is 4. The van der Waals surface area contributed by atoms with Crippen LogP contribution in [0.25, 0.3) is 0 Å². The fraction of sp³-hybridized carbons (Fsp3) is 0.214. The Kier molecular flexibility index (Phi) is 3.76. The summed E-state index contributed by atoms with van der Waals surface area (Å²) < 4.78 is 29.1. The molecule has 1 aromatic heterocycles. The average molecular weight is 264 g/mol. The van der Waals surface area contributed by atoms with Crippen LogP contribution >= 0.6 is 0 Å². The third kappa shape index (κ3) is 2.88. The van der Waals surface area contributed by atoms with Gasteiger partial charge in [0, 0.05) is 23.9 Å². The van der Waals surface area contributed by atoms with Crippen LogP contribution in [-0.2, 0) is 19.0 Å². The lowest BCUT2D eigenvalue weighted by Gasteiger charge is -2.18. The van der Waals surface area contributed by atoms with Crippen LogP contribution < -0.4 is 11.3 Å². The van der Waals surface area contributed by atoms with Gasteiger partial charge < -0.3 is 10.3 Å². The van der Waals surface area contributed by atoms with Crippen molar-refractivity contribution >= 4 is 0 Å². The van der Waals surface area contributed by atoms with E-state index in [1.165, 1.54) is 18.3 Å². The maximum Gasteiger partial charge on any atom is 0.290 e. The minimum atomic E-state index is -3.10. The molecule has 0 aliphatic heterocycles. The third-order valence-electron chi connectivity index (χ3n) is 2.88. The number of nitrogens with two attached hydrogens (primary N) is 1. The number of aromatic nitrogens is 1. The number of hydrogen-bond acceptors (Lipinski definition) is 2. The van der Waals surface area contributed by atoms with Gasteiger partial charge in [0.1, 0.15) is 0 Å². The summed E-state index contributed by atoms with van der Waals surface area (Å²) in [6, 6.07) is 10.5. The number of hydrogen-bond donors (Lipinski definition) is 1. The summed E-state index contributed by atoms with van der Waals surface area (Å²) >= 11 is 0. The van der Waals surface area contributed by atoms with Crippen molar-refractivity contribution in [1.82, 2.24) is 4.57 Å². The molecule has 100 valence electrons. The molecule has 0 bridgehead atoms. The van der Waals surface area contributed by atoms with Crippen molar-refractivity contribution in [2.24, 2.45) is 5.73 Å². The molecular weight excluding hydrogens is 250 g/mol. The molecule has 0 saturated heterocycles. The van der Waals surface area contributed by atoms with Gasteiger partial charge in [0.05, 0.1) is 6.54 Å². The van der Waals surface area contributed by atoms with E-state index >= 15 is 0 Å². The second-order valence-corrected chi connectivity index (χ2v) is 4.24. The Morgan fingerprint density at radius 3 is 2.42 bits per heavy atom. The van der Waals surface area contributed by atoms with E-state index in [2.05, 4.69) is 0 Å². The maximum absolute atomic E-state index is 14.1. The second-order valence-electron chi connectivity index (χ2n) is 4.24. The number of benzene rings is 1. The standard InChI is InChI=1S/C14H14F2N2O/c15-14(16,12-6-2-1-3-7-12)10-18-8-4-5-11(9-17)13(18)19/h1-8H,9-10,17H2. The van der Waals surface area contributed by atoms with Crippen molar-refractivity contribution in [2.75, 3.05) is 0 Å². The normalized spacial score (nSPS) is 11.5. The molecule has 2 N–H and O–H groups in total. The predicted octanol–water partition coefficient (Wildman–Crippen LogP) is 2.10. The molecule has 0 saturated carbocycles. The Bertz CT molecular complexity index is 608. The number of alkyl halides is 2. The van der Waals surface area contributed by atoms with Crippen LogP contribution in [0.3, 0.4) is 0 Å². The summed E-state index contributed by atoms with van der Waals surface area (Å²) in [6.45, 7) is -0.653. The van der Waals surface area contributed by atoms with Gasteiger partial charge >= 0.3 is 0 Å². The van der Waals surface area contributed by atoms with E-state index < -0.39 is 18.0 Å². The second kappa shape index (κ2) is 5.32. The van der Waals surface area contributed by atoms with Gasteiger partial charge in [-0.25, -0.2) is 0 Å². The Morgan fingerprint density at radius 2 is 1.79 bits per heavy atom. The van der Waals surface area contributed by atoms with E-state index in [9.17, 15) is 13.6 Å². The Labute approximate surface area is 109 Å². The van der Waals surface area contributed by atoms with Gasteiger partial charge in [-0.05, 0) is 6.07 Å². The Balaban J connectivity index is 2.33.